The number of azo groups is 1. The van der Waals surface area contributed by atoms with Crippen molar-refractivity contribution in [3.8, 4) is 0 Å². The van der Waals surface area contributed by atoms with E-state index in [0.717, 1.165) is 24.5 Å². The highest BCUT2D eigenvalue weighted by molar-refractivity contribution is 5.68. The zero-order chi connectivity index (χ0) is 14.7. The summed E-state index contributed by atoms with van der Waals surface area (Å²) in [5.41, 5.74) is 5.53. The molecule has 3 nitrogen and oxygen atoms in total. The third kappa shape index (κ3) is 3.30. The average molecular weight is 279 g/mol. The molecule has 0 N–H and O–H groups in total. The van der Waals surface area contributed by atoms with Gasteiger partial charge in [-0.3, -0.25) is 0 Å². The number of anilines is 1. The number of rotatable bonds is 3. The maximum absolute atomic E-state index is 4.49. The second-order valence-electron chi connectivity index (χ2n) is 5.72. The lowest BCUT2D eigenvalue weighted by Crippen LogP contribution is -2.17. The lowest BCUT2D eigenvalue weighted by Gasteiger charge is -2.19. The summed E-state index contributed by atoms with van der Waals surface area (Å²) in [6.45, 7) is 6.41. The monoisotopic (exact) mass is 279 g/mol. The van der Waals surface area contributed by atoms with Crippen molar-refractivity contribution in [2.75, 3.05) is 18.0 Å². The van der Waals surface area contributed by atoms with E-state index in [1.54, 1.807) is 0 Å². The molecule has 1 aliphatic heterocycles. The zero-order valence-corrected chi connectivity index (χ0v) is 12.7. The normalized spacial score (nSPS) is 15.0. The second-order valence-corrected chi connectivity index (χ2v) is 5.72. The molecule has 0 bridgehead atoms. The van der Waals surface area contributed by atoms with Crippen molar-refractivity contribution in [3.05, 3.63) is 53.6 Å². The summed E-state index contributed by atoms with van der Waals surface area (Å²) in [5, 5.41) is 8.88. The molecule has 21 heavy (non-hydrogen) atoms. The van der Waals surface area contributed by atoms with E-state index in [2.05, 4.69) is 59.3 Å². The lowest BCUT2D eigenvalue weighted by molar-refractivity contribution is 0.949. The minimum absolute atomic E-state index is 0.898. The molecule has 1 aliphatic rings. The fourth-order valence-electron chi connectivity index (χ4n) is 2.66. The molecule has 0 saturated carbocycles. The van der Waals surface area contributed by atoms with Crippen LogP contribution in [0.1, 0.15) is 24.0 Å². The van der Waals surface area contributed by atoms with Crippen molar-refractivity contribution >= 4 is 17.1 Å². The molecule has 3 heteroatoms. The molecule has 1 heterocycles. The lowest BCUT2D eigenvalue weighted by atomic mass is 10.2. The molecule has 1 saturated heterocycles. The molecule has 1 fully saturated rings. The van der Waals surface area contributed by atoms with Gasteiger partial charge in [0.15, 0.2) is 0 Å². The van der Waals surface area contributed by atoms with Crippen LogP contribution in [0.5, 0.6) is 0 Å². The van der Waals surface area contributed by atoms with Gasteiger partial charge in [0.1, 0.15) is 5.69 Å². The minimum atomic E-state index is 0.898. The van der Waals surface area contributed by atoms with Gasteiger partial charge in [0, 0.05) is 13.1 Å². The van der Waals surface area contributed by atoms with Crippen molar-refractivity contribution in [2.45, 2.75) is 26.7 Å². The van der Waals surface area contributed by atoms with E-state index in [1.165, 1.54) is 29.7 Å². The van der Waals surface area contributed by atoms with E-state index in [4.69, 9.17) is 0 Å². The van der Waals surface area contributed by atoms with Crippen LogP contribution >= 0.6 is 0 Å². The van der Waals surface area contributed by atoms with Crippen molar-refractivity contribution in [2.24, 2.45) is 10.2 Å². The third-order valence-corrected chi connectivity index (χ3v) is 3.88. The first-order valence-corrected chi connectivity index (χ1v) is 7.56. The highest BCUT2D eigenvalue weighted by Crippen LogP contribution is 2.33. The first-order valence-electron chi connectivity index (χ1n) is 7.56. The van der Waals surface area contributed by atoms with Crippen LogP contribution in [0.15, 0.2) is 52.7 Å². The van der Waals surface area contributed by atoms with Crippen molar-refractivity contribution in [1.29, 1.82) is 0 Å². The minimum Gasteiger partial charge on any atom is -0.370 e. The summed E-state index contributed by atoms with van der Waals surface area (Å²) in [4.78, 5) is 2.41. The fourth-order valence-corrected chi connectivity index (χ4v) is 2.66. The van der Waals surface area contributed by atoms with Crippen LogP contribution < -0.4 is 4.90 Å². The molecular formula is C18H21N3. The molecule has 0 aliphatic carbocycles. The fraction of sp³-hybridized carbons (Fsp3) is 0.333. The van der Waals surface area contributed by atoms with Gasteiger partial charge in [-0.05, 0) is 56.5 Å². The van der Waals surface area contributed by atoms with Crippen molar-refractivity contribution in [3.63, 3.8) is 0 Å². The Hall–Kier alpha value is -2.16. The largest absolute Gasteiger partial charge is 0.370 e. The molecule has 0 amide bonds. The molecular weight excluding hydrogens is 258 g/mol. The van der Waals surface area contributed by atoms with Crippen LogP contribution in [0.3, 0.4) is 0 Å². The van der Waals surface area contributed by atoms with Gasteiger partial charge in [0.2, 0.25) is 0 Å². The number of aryl methyl sites for hydroxylation is 2. The molecule has 108 valence electrons. The van der Waals surface area contributed by atoms with Gasteiger partial charge in [-0.2, -0.15) is 5.11 Å². The smallest absolute Gasteiger partial charge is 0.109 e. The third-order valence-electron chi connectivity index (χ3n) is 3.88. The maximum atomic E-state index is 4.49. The molecule has 3 rings (SSSR count). The zero-order valence-electron chi connectivity index (χ0n) is 12.7. The predicted molar refractivity (Wildman–Crippen MR) is 88.0 cm³/mol. The Bertz CT molecular complexity index is 638. The average Bonchev–Trinajstić information content (AvgIpc) is 3.01. The van der Waals surface area contributed by atoms with Gasteiger partial charge in [0.05, 0.1) is 11.4 Å². The van der Waals surface area contributed by atoms with Crippen LogP contribution in [0.2, 0.25) is 0 Å². The molecule has 2 aromatic rings. The van der Waals surface area contributed by atoms with Gasteiger partial charge in [-0.25, -0.2) is 0 Å². The van der Waals surface area contributed by atoms with Crippen LogP contribution in [0.25, 0.3) is 0 Å². The highest BCUT2D eigenvalue weighted by Gasteiger charge is 2.15. The summed E-state index contributed by atoms with van der Waals surface area (Å²) >= 11 is 0. The quantitative estimate of drug-likeness (QED) is 0.699. The summed E-state index contributed by atoms with van der Waals surface area (Å²) in [5.74, 6) is 0. The Morgan fingerprint density at radius 2 is 1.48 bits per heavy atom. The topological polar surface area (TPSA) is 28.0 Å². The van der Waals surface area contributed by atoms with Gasteiger partial charge >= 0.3 is 0 Å². The Labute approximate surface area is 126 Å². The molecule has 0 unspecified atom stereocenters. The van der Waals surface area contributed by atoms with E-state index >= 15 is 0 Å². The van der Waals surface area contributed by atoms with Crippen LogP contribution in [-0.4, -0.2) is 13.1 Å². The molecule has 0 atom stereocenters. The Morgan fingerprint density at radius 3 is 2.19 bits per heavy atom. The SMILES string of the molecule is Cc1ccc(N=Nc2cc(C)ccc2N2CCCC2)cc1. The molecule has 2 aromatic carbocycles. The highest BCUT2D eigenvalue weighted by atomic mass is 15.2. The van der Waals surface area contributed by atoms with Gasteiger partial charge in [0.25, 0.3) is 0 Å². The predicted octanol–water partition coefficient (Wildman–Crippen LogP) is 5.32. The standard InChI is InChI=1S/C18H21N3/c1-14-5-8-16(9-6-14)19-20-17-13-15(2)7-10-18(17)21-11-3-4-12-21/h5-10,13H,3-4,11-12H2,1-2H3. The number of hydrogen-bond donors (Lipinski definition) is 0. The molecule has 0 radical (unpaired) electrons. The summed E-state index contributed by atoms with van der Waals surface area (Å²) < 4.78 is 0. The maximum Gasteiger partial charge on any atom is 0.109 e. The van der Waals surface area contributed by atoms with E-state index in [-0.39, 0.29) is 0 Å². The summed E-state index contributed by atoms with van der Waals surface area (Å²) in [7, 11) is 0. The number of benzene rings is 2. The van der Waals surface area contributed by atoms with E-state index in [1.807, 2.05) is 12.1 Å². The second kappa shape index (κ2) is 6.08. The molecule has 0 spiro atoms. The Balaban J connectivity index is 1.89. The molecule has 0 aromatic heterocycles. The number of hydrogen-bond acceptors (Lipinski definition) is 3. The van der Waals surface area contributed by atoms with Crippen LogP contribution in [-0.2, 0) is 0 Å². The van der Waals surface area contributed by atoms with Crippen LogP contribution in [0, 0.1) is 13.8 Å². The summed E-state index contributed by atoms with van der Waals surface area (Å²) in [6.07, 6.45) is 2.53. The van der Waals surface area contributed by atoms with E-state index < -0.39 is 0 Å². The number of nitrogens with zero attached hydrogens (tertiary/aromatic N) is 3. The van der Waals surface area contributed by atoms with E-state index in [9.17, 15) is 0 Å². The van der Waals surface area contributed by atoms with E-state index in [0.29, 0.717) is 0 Å². The van der Waals surface area contributed by atoms with Gasteiger partial charge in [-0.1, -0.05) is 23.8 Å². The van der Waals surface area contributed by atoms with Crippen molar-refractivity contribution in [1.82, 2.24) is 0 Å². The first-order chi connectivity index (χ1) is 10.2. The Kier molecular flexibility index (Phi) is 4.00. The van der Waals surface area contributed by atoms with Gasteiger partial charge < -0.3 is 4.90 Å². The Morgan fingerprint density at radius 1 is 0.810 bits per heavy atom. The van der Waals surface area contributed by atoms with Gasteiger partial charge in [-0.15, -0.1) is 5.11 Å². The first kappa shape index (κ1) is 13.8. The van der Waals surface area contributed by atoms with Crippen LogP contribution in [0.4, 0.5) is 17.1 Å². The summed E-state index contributed by atoms with van der Waals surface area (Å²) in [6, 6.07) is 14.6. The van der Waals surface area contributed by atoms with Crippen molar-refractivity contribution < 1.29 is 0 Å².